The highest BCUT2D eigenvalue weighted by atomic mass is 79.9. The number of hydrogen-bond acceptors (Lipinski definition) is 4. The van der Waals surface area contributed by atoms with Crippen molar-refractivity contribution in [3.63, 3.8) is 0 Å². The Labute approximate surface area is 162 Å². The minimum atomic E-state index is -0.534. The Hall–Kier alpha value is -3.00. The Morgan fingerprint density at radius 2 is 1.89 bits per heavy atom. The van der Waals surface area contributed by atoms with Gasteiger partial charge in [-0.1, -0.05) is 15.9 Å². The number of nitrogens with one attached hydrogen (secondary N) is 1. The molecular formula is C19H15BrFN3O3. The van der Waals surface area contributed by atoms with Gasteiger partial charge in [-0.25, -0.2) is 4.39 Å². The molecule has 0 aliphatic heterocycles. The molecule has 27 heavy (non-hydrogen) atoms. The molecule has 1 aromatic heterocycles. The highest BCUT2D eigenvalue weighted by molar-refractivity contribution is 9.10. The number of halogens is 2. The van der Waals surface area contributed by atoms with Gasteiger partial charge in [0, 0.05) is 10.2 Å². The van der Waals surface area contributed by atoms with Gasteiger partial charge in [-0.3, -0.25) is 9.59 Å². The van der Waals surface area contributed by atoms with E-state index in [1.165, 1.54) is 37.4 Å². The van der Waals surface area contributed by atoms with Crippen molar-refractivity contribution >= 4 is 27.5 Å². The van der Waals surface area contributed by atoms with Gasteiger partial charge in [-0.05, 0) is 55.0 Å². The summed E-state index contributed by atoms with van der Waals surface area (Å²) >= 11 is 3.37. The molecule has 0 fully saturated rings. The highest BCUT2D eigenvalue weighted by Crippen LogP contribution is 2.22. The van der Waals surface area contributed by atoms with Gasteiger partial charge in [-0.2, -0.15) is 9.78 Å². The lowest BCUT2D eigenvalue weighted by Gasteiger charge is -2.12. The number of aryl methyl sites for hydroxylation is 1. The van der Waals surface area contributed by atoms with Gasteiger partial charge in [0.15, 0.2) is 11.4 Å². The van der Waals surface area contributed by atoms with Crippen LogP contribution in [0.15, 0.2) is 57.8 Å². The summed E-state index contributed by atoms with van der Waals surface area (Å²) < 4.78 is 20.2. The van der Waals surface area contributed by atoms with Crippen molar-refractivity contribution in [1.82, 2.24) is 9.78 Å². The normalized spacial score (nSPS) is 10.5. The zero-order valence-corrected chi connectivity index (χ0v) is 16.1. The van der Waals surface area contributed by atoms with E-state index in [0.29, 0.717) is 11.4 Å². The van der Waals surface area contributed by atoms with Crippen LogP contribution in [0.25, 0.3) is 5.69 Å². The second-order valence-corrected chi connectivity index (χ2v) is 6.62. The number of aromatic nitrogens is 2. The first-order valence-electron chi connectivity index (χ1n) is 7.91. The average Bonchev–Trinajstić information content (AvgIpc) is 2.64. The number of ether oxygens (including phenoxy) is 1. The molecule has 2 aromatic carbocycles. The molecule has 0 spiro atoms. The molecule has 3 rings (SSSR count). The van der Waals surface area contributed by atoms with Crippen LogP contribution in [0.1, 0.15) is 16.1 Å². The molecule has 0 bridgehead atoms. The maximum Gasteiger partial charge on any atom is 0.280 e. The average molecular weight is 432 g/mol. The van der Waals surface area contributed by atoms with Crippen LogP contribution in [0, 0.1) is 12.7 Å². The molecule has 1 N–H and O–H groups in total. The maximum absolute atomic E-state index is 13.1. The van der Waals surface area contributed by atoms with Gasteiger partial charge in [-0.15, -0.1) is 0 Å². The quantitative estimate of drug-likeness (QED) is 0.683. The van der Waals surface area contributed by atoms with Crippen molar-refractivity contribution in [3.05, 3.63) is 80.4 Å². The molecular weight excluding hydrogens is 417 g/mol. The van der Waals surface area contributed by atoms with Crippen LogP contribution in [-0.4, -0.2) is 22.8 Å². The Morgan fingerprint density at radius 3 is 2.52 bits per heavy atom. The zero-order valence-electron chi connectivity index (χ0n) is 14.5. The molecule has 138 valence electrons. The highest BCUT2D eigenvalue weighted by Gasteiger charge is 2.19. The largest absolute Gasteiger partial charge is 0.494 e. The predicted molar refractivity (Wildman–Crippen MR) is 103 cm³/mol. The summed E-state index contributed by atoms with van der Waals surface area (Å²) in [6, 6.07) is 11.8. The molecule has 0 unspecified atom stereocenters. The lowest BCUT2D eigenvalue weighted by atomic mass is 10.2. The minimum Gasteiger partial charge on any atom is -0.494 e. The van der Waals surface area contributed by atoms with Crippen LogP contribution in [-0.2, 0) is 0 Å². The first-order valence-corrected chi connectivity index (χ1v) is 8.70. The summed E-state index contributed by atoms with van der Waals surface area (Å²) in [4.78, 5) is 25.0. The number of benzene rings is 2. The van der Waals surface area contributed by atoms with Crippen LogP contribution in [0.5, 0.6) is 5.75 Å². The van der Waals surface area contributed by atoms with Crippen molar-refractivity contribution < 1.29 is 13.9 Å². The first-order chi connectivity index (χ1) is 12.9. The smallest absolute Gasteiger partial charge is 0.280 e. The fraction of sp³-hybridized carbons (Fsp3) is 0.105. The molecule has 0 saturated carbocycles. The van der Waals surface area contributed by atoms with Crippen LogP contribution < -0.4 is 15.6 Å². The topological polar surface area (TPSA) is 73.2 Å². The summed E-state index contributed by atoms with van der Waals surface area (Å²) in [7, 11) is 1.35. The SMILES string of the molecule is COc1cc(=O)n(-c2ccc(F)cc2)nc1C(=O)Nc1ccc(Br)cc1C. The van der Waals surface area contributed by atoms with Gasteiger partial charge in [0.25, 0.3) is 11.5 Å². The molecule has 1 heterocycles. The molecule has 8 heteroatoms. The molecule has 0 atom stereocenters. The number of hydrogen-bond donors (Lipinski definition) is 1. The number of anilines is 1. The minimum absolute atomic E-state index is 0.0469. The van der Waals surface area contributed by atoms with E-state index in [0.717, 1.165) is 14.7 Å². The van der Waals surface area contributed by atoms with E-state index in [4.69, 9.17) is 4.74 Å². The summed E-state index contributed by atoms with van der Waals surface area (Å²) in [5.74, 6) is -0.928. The van der Waals surface area contributed by atoms with E-state index in [9.17, 15) is 14.0 Å². The molecule has 0 aliphatic carbocycles. The zero-order chi connectivity index (χ0) is 19.6. The first kappa shape index (κ1) is 18.8. The van der Waals surface area contributed by atoms with Crippen molar-refractivity contribution in [2.45, 2.75) is 6.92 Å². The van der Waals surface area contributed by atoms with Crippen molar-refractivity contribution in [1.29, 1.82) is 0 Å². The van der Waals surface area contributed by atoms with Gasteiger partial charge < -0.3 is 10.1 Å². The fourth-order valence-electron chi connectivity index (χ4n) is 2.47. The number of methoxy groups -OCH3 is 1. The molecule has 3 aromatic rings. The lowest BCUT2D eigenvalue weighted by molar-refractivity contribution is 0.101. The number of rotatable bonds is 4. The number of carbonyl (C=O) groups is 1. The molecule has 1 amide bonds. The third-order valence-corrected chi connectivity index (χ3v) is 4.33. The summed E-state index contributed by atoms with van der Waals surface area (Å²) in [5.41, 5.74) is 1.21. The van der Waals surface area contributed by atoms with E-state index in [1.54, 1.807) is 12.1 Å². The van der Waals surface area contributed by atoms with E-state index in [2.05, 4.69) is 26.3 Å². The molecule has 0 saturated heterocycles. The summed E-state index contributed by atoms with van der Waals surface area (Å²) in [6.07, 6.45) is 0. The third kappa shape index (κ3) is 4.06. The van der Waals surface area contributed by atoms with Crippen molar-refractivity contribution in [3.8, 4) is 11.4 Å². The number of carbonyl (C=O) groups excluding carboxylic acids is 1. The second-order valence-electron chi connectivity index (χ2n) is 5.70. The van der Waals surface area contributed by atoms with Crippen LogP contribution in [0.2, 0.25) is 0 Å². The van der Waals surface area contributed by atoms with Gasteiger partial charge in [0.2, 0.25) is 0 Å². The molecule has 0 radical (unpaired) electrons. The van der Waals surface area contributed by atoms with Crippen LogP contribution >= 0.6 is 15.9 Å². The van der Waals surface area contributed by atoms with Crippen LogP contribution in [0.3, 0.4) is 0 Å². The maximum atomic E-state index is 13.1. The third-order valence-electron chi connectivity index (χ3n) is 3.84. The number of nitrogens with zero attached hydrogens (tertiary/aromatic N) is 2. The molecule has 0 aliphatic rings. The standard InChI is InChI=1S/C19H15BrFN3O3/c1-11-9-12(20)3-8-15(11)22-19(26)18-16(27-2)10-17(25)24(23-18)14-6-4-13(21)5-7-14/h3-10H,1-2H3,(H,22,26). The van der Waals surface area contributed by atoms with E-state index in [-0.39, 0.29) is 11.4 Å². The second kappa shape index (κ2) is 7.71. The van der Waals surface area contributed by atoms with Crippen LogP contribution in [0.4, 0.5) is 10.1 Å². The van der Waals surface area contributed by atoms with Gasteiger partial charge in [0.05, 0.1) is 18.9 Å². The summed E-state index contributed by atoms with van der Waals surface area (Å²) in [5, 5.41) is 6.88. The Balaban J connectivity index is 2.02. The monoisotopic (exact) mass is 431 g/mol. The van der Waals surface area contributed by atoms with Gasteiger partial charge >= 0.3 is 0 Å². The van der Waals surface area contributed by atoms with Crippen molar-refractivity contribution in [2.75, 3.05) is 12.4 Å². The fourth-order valence-corrected chi connectivity index (χ4v) is 2.94. The molecule has 6 nitrogen and oxygen atoms in total. The van der Waals surface area contributed by atoms with E-state index < -0.39 is 17.3 Å². The lowest BCUT2D eigenvalue weighted by Crippen LogP contribution is -2.26. The Kier molecular flexibility index (Phi) is 5.36. The van der Waals surface area contributed by atoms with E-state index >= 15 is 0 Å². The Morgan fingerprint density at radius 1 is 1.19 bits per heavy atom. The van der Waals surface area contributed by atoms with E-state index in [1.807, 2.05) is 13.0 Å². The summed E-state index contributed by atoms with van der Waals surface area (Å²) in [6.45, 7) is 1.85. The van der Waals surface area contributed by atoms with Gasteiger partial charge in [0.1, 0.15) is 5.82 Å². The predicted octanol–water partition coefficient (Wildman–Crippen LogP) is 3.70. The Bertz CT molecular complexity index is 1060. The van der Waals surface area contributed by atoms with Crippen molar-refractivity contribution in [2.24, 2.45) is 0 Å². The number of amides is 1.